The van der Waals surface area contributed by atoms with Gasteiger partial charge in [-0.25, -0.2) is 0 Å². The van der Waals surface area contributed by atoms with E-state index in [0.717, 1.165) is 31.9 Å². The maximum absolute atomic E-state index is 12.7. The lowest BCUT2D eigenvalue weighted by Crippen LogP contribution is -3.19. The van der Waals surface area contributed by atoms with Gasteiger partial charge in [-0.3, -0.25) is 9.59 Å². The fraction of sp³-hybridized carbons (Fsp3) is 0.364. The van der Waals surface area contributed by atoms with Gasteiger partial charge in [0.1, 0.15) is 5.75 Å². The second-order valence-electron chi connectivity index (χ2n) is 7.16. The molecule has 0 radical (unpaired) electrons. The van der Waals surface area contributed by atoms with Crippen LogP contribution in [0.4, 0.5) is 11.4 Å². The topological polar surface area (TPSA) is 63.1 Å². The molecule has 0 spiro atoms. The molecular formula is C22H28N3O3+. The number of piperazine rings is 1. The molecule has 148 valence electrons. The predicted molar refractivity (Wildman–Crippen MR) is 110 cm³/mol. The quantitative estimate of drug-likeness (QED) is 0.746. The largest absolute Gasteiger partial charge is 0.497 e. The van der Waals surface area contributed by atoms with Crippen molar-refractivity contribution in [2.45, 2.75) is 19.9 Å². The van der Waals surface area contributed by atoms with Gasteiger partial charge in [-0.15, -0.1) is 0 Å². The van der Waals surface area contributed by atoms with Crippen molar-refractivity contribution >= 4 is 23.1 Å². The number of quaternary nitrogens is 1. The van der Waals surface area contributed by atoms with E-state index in [-0.39, 0.29) is 17.7 Å². The molecule has 1 amide bonds. The van der Waals surface area contributed by atoms with Crippen LogP contribution in [-0.2, 0) is 4.79 Å². The van der Waals surface area contributed by atoms with E-state index < -0.39 is 0 Å². The predicted octanol–water partition coefficient (Wildman–Crippen LogP) is 1.63. The number of nitrogens with one attached hydrogen (secondary N) is 2. The number of amides is 1. The number of ether oxygens (including phenoxy) is 1. The first kappa shape index (κ1) is 19.9. The normalized spacial score (nSPS) is 15.8. The highest BCUT2D eigenvalue weighted by molar-refractivity contribution is 6.04. The van der Waals surface area contributed by atoms with Crippen LogP contribution in [0.1, 0.15) is 24.2 Å². The maximum Gasteiger partial charge on any atom is 0.282 e. The van der Waals surface area contributed by atoms with Gasteiger partial charge in [0.2, 0.25) is 0 Å². The number of carbonyl (C=O) groups is 2. The van der Waals surface area contributed by atoms with Gasteiger partial charge in [0.25, 0.3) is 5.91 Å². The Bertz CT molecular complexity index is 827. The third-order valence-corrected chi connectivity index (χ3v) is 5.41. The molecule has 2 aromatic carbocycles. The van der Waals surface area contributed by atoms with Gasteiger partial charge in [-0.05, 0) is 50.2 Å². The van der Waals surface area contributed by atoms with E-state index in [9.17, 15) is 9.59 Å². The minimum atomic E-state index is -0.182. The summed E-state index contributed by atoms with van der Waals surface area (Å²) < 4.78 is 5.22. The molecule has 0 unspecified atom stereocenters. The van der Waals surface area contributed by atoms with Crippen molar-refractivity contribution in [3.8, 4) is 5.75 Å². The Morgan fingerprint density at radius 2 is 1.71 bits per heavy atom. The zero-order valence-corrected chi connectivity index (χ0v) is 16.7. The summed E-state index contributed by atoms with van der Waals surface area (Å²) >= 11 is 0. The number of rotatable bonds is 6. The molecule has 1 heterocycles. The molecule has 0 aliphatic carbocycles. The lowest BCUT2D eigenvalue weighted by atomic mass is 10.1. The summed E-state index contributed by atoms with van der Waals surface area (Å²) in [6.07, 6.45) is 0. The number of para-hydroxylation sites is 1. The number of benzene rings is 2. The molecule has 28 heavy (non-hydrogen) atoms. The second-order valence-corrected chi connectivity index (χ2v) is 7.16. The standard InChI is InChI=1S/C22H27N3O3/c1-16(22(27)23-21-7-5-4-6-20(21)17(2)26)24-12-14-25(15-13-24)18-8-10-19(28-3)11-9-18/h4-11,16H,12-15H2,1-3H3,(H,23,27)/p+1/t16-/m1/s1. The molecule has 0 bridgehead atoms. The summed E-state index contributed by atoms with van der Waals surface area (Å²) in [6, 6.07) is 15.0. The zero-order chi connectivity index (χ0) is 20.1. The van der Waals surface area contributed by atoms with Crippen LogP contribution >= 0.6 is 0 Å². The highest BCUT2D eigenvalue weighted by Crippen LogP contribution is 2.19. The fourth-order valence-corrected chi connectivity index (χ4v) is 3.60. The van der Waals surface area contributed by atoms with Gasteiger partial charge in [-0.1, -0.05) is 12.1 Å². The van der Waals surface area contributed by atoms with Crippen LogP contribution in [0.25, 0.3) is 0 Å². The number of methoxy groups -OCH3 is 1. The summed E-state index contributed by atoms with van der Waals surface area (Å²) in [7, 11) is 1.67. The summed E-state index contributed by atoms with van der Waals surface area (Å²) in [5.74, 6) is 0.745. The Hall–Kier alpha value is -2.86. The van der Waals surface area contributed by atoms with Crippen LogP contribution in [0.3, 0.4) is 0 Å². The third-order valence-electron chi connectivity index (χ3n) is 5.41. The molecule has 1 fully saturated rings. The molecule has 1 aliphatic heterocycles. The van der Waals surface area contributed by atoms with Crippen LogP contribution in [0.2, 0.25) is 0 Å². The Kier molecular flexibility index (Phi) is 6.31. The average molecular weight is 382 g/mol. The van der Waals surface area contributed by atoms with Crippen molar-refractivity contribution in [1.29, 1.82) is 0 Å². The fourth-order valence-electron chi connectivity index (χ4n) is 3.60. The third kappa shape index (κ3) is 4.51. The summed E-state index contributed by atoms with van der Waals surface area (Å²) in [6.45, 7) is 7.01. The monoisotopic (exact) mass is 382 g/mol. The van der Waals surface area contributed by atoms with Crippen LogP contribution in [0.15, 0.2) is 48.5 Å². The first-order valence-electron chi connectivity index (χ1n) is 9.64. The van der Waals surface area contributed by atoms with E-state index in [1.54, 1.807) is 25.3 Å². The lowest BCUT2D eigenvalue weighted by Gasteiger charge is -2.36. The minimum absolute atomic E-state index is 0.0518. The lowest BCUT2D eigenvalue weighted by molar-refractivity contribution is -0.914. The molecule has 1 aliphatic rings. The number of nitrogens with zero attached hydrogens (tertiary/aromatic N) is 1. The van der Waals surface area contributed by atoms with E-state index >= 15 is 0 Å². The Labute approximate surface area is 166 Å². The van der Waals surface area contributed by atoms with Crippen LogP contribution in [0.5, 0.6) is 5.75 Å². The first-order valence-corrected chi connectivity index (χ1v) is 9.64. The number of ketones is 1. The Morgan fingerprint density at radius 3 is 2.32 bits per heavy atom. The number of hydrogen-bond acceptors (Lipinski definition) is 4. The Morgan fingerprint density at radius 1 is 1.07 bits per heavy atom. The van der Waals surface area contributed by atoms with E-state index in [1.807, 2.05) is 25.1 Å². The molecule has 0 aromatic heterocycles. The molecule has 1 atom stereocenters. The van der Waals surface area contributed by atoms with Crippen molar-refractivity contribution in [2.24, 2.45) is 0 Å². The van der Waals surface area contributed by atoms with Crippen LogP contribution in [0, 0.1) is 0 Å². The highest BCUT2D eigenvalue weighted by atomic mass is 16.5. The summed E-state index contributed by atoms with van der Waals surface area (Å²) in [5.41, 5.74) is 2.30. The van der Waals surface area contributed by atoms with Crippen LogP contribution in [-0.4, -0.2) is 51.0 Å². The van der Waals surface area contributed by atoms with Gasteiger partial charge < -0.3 is 19.9 Å². The first-order chi connectivity index (χ1) is 13.5. The van der Waals surface area contributed by atoms with E-state index in [1.165, 1.54) is 17.5 Å². The molecular weight excluding hydrogens is 354 g/mol. The Balaban J connectivity index is 1.58. The van der Waals surface area contributed by atoms with Gasteiger partial charge in [0, 0.05) is 11.3 Å². The average Bonchev–Trinajstić information content (AvgIpc) is 2.73. The number of hydrogen-bond donors (Lipinski definition) is 2. The molecule has 2 aromatic rings. The summed E-state index contributed by atoms with van der Waals surface area (Å²) in [5, 5.41) is 2.94. The van der Waals surface area contributed by atoms with Crippen LogP contribution < -0.4 is 19.9 Å². The molecule has 0 saturated carbocycles. The van der Waals surface area contributed by atoms with Crippen molar-refractivity contribution in [2.75, 3.05) is 43.5 Å². The zero-order valence-electron chi connectivity index (χ0n) is 16.7. The molecule has 1 saturated heterocycles. The van der Waals surface area contributed by atoms with Gasteiger partial charge in [0.05, 0.1) is 39.0 Å². The molecule has 3 rings (SSSR count). The van der Waals surface area contributed by atoms with Crippen molar-refractivity contribution in [3.63, 3.8) is 0 Å². The maximum atomic E-state index is 12.7. The van der Waals surface area contributed by atoms with Crippen molar-refractivity contribution in [3.05, 3.63) is 54.1 Å². The smallest absolute Gasteiger partial charge is 0.282 e. The minimum Gasteiger partial charge on any atom is -0.497 e. The molecule has 2 N–H and O–H groups in total. The van der Waals surface area contributed by atoms with Gasteiger partial charge >= 0.3 is 0 Å². The van der Waals surface area contributed by atoms with E-state index in [4.69, 9.17) is 4.74 Å². The molecule has 6 nitrogen and oxygen atoms in total. The number of anilines is 2. The highest BCUT2D eigenvalue weighted by Gasteiger charge is 2.29. The summed E-state index contributed by atoms with van der Waals surface area (Å²) in [4.78, 5) is 28.1. The molecule has 6 heteroatoms. The SMILES string of the molecule is COc1ccc(N2CC[NH+]([C@H](C)C(=O)Nc3ccccc3C(C)=O)CC2)cc1. The van der Waals surface area contributed by atoms with Gasteiger partial charge in [-0.2, -0.15) is 0 Å². The second kappa shape index (κ2) is 8.89. The van der Waals surface area contributed by atoms with E-state index in [0.29, 0.717) is 11.3 Å². The van der Waals surface area contributed by atoms with Crippen molar-refractivity contribution < 1.29 is 19.2 Å². The van der Waals surface area contributed by atoms with E-state index in [2.05, 4.69) is 22.3 Å². The van der Waals surface area contributed by atoms with Crippen molar-refractivity contribution in [1.82, 2.24) is 0 Å². The number of Topliss-reactive ketones (excluding diaryl/α,β-unsaturated/α-hetero) is 1. The van der Waals surface area contributed by atoms with Gasteiger partial charge in [0.15, 0.2) is 11.8 Å². The number of carbonyl (C=O) groups excluding carboxylic acids is 2.